The van der Waals surface area contributed by atoms with Gasteiger partial charge in [-0.25, -0.2) is 18.2 Å². The summed E-state index contributed by atoms with van der Waals surface area (Å²) in [6, 6.07) is 16.4. The Hall–Kier alpha value is -2.75. The predicted molar refractivity (Wildman–Crippen MR) is 118 cm³/mol. The van der Waals surface area contributed by atoms with Gasteiger partial charge in [-0.2, -0.15) is 4.31 Å². The topological polar surface area (TPSA) is 82.6 Å². The Morgan fingerprint density at radius 1 is 1.00 bits per heavy atom. The number of nitrogens with one attached hydrogen (secondary N) is 1. The third kappa shape index (κ3) is 4.38. The first kappa shape index (κ1) is 20.5. The van der Waals surface area contributed by atoms with E-state index >= 15 is 0 Å². The van der Waals surface area contributed by atoms with Crippen LogP contribution in [0.15, 0.2) is 65.7 Å². The Morgan fingerprint density at radius 2 is 1.67 bits per heavy atom. The lowest BCUT2D eigenvalue weighted by atomic mass is 10.2. The Labute approximate surface area is 180 Å². The van der Waals surface area contributed by atoms with E-state index in [-0.39, 0.29) is 24.0 Å². The first-order valence-electron chi connectivity index (χ1n) is 9.57. The van der Waals surface area contributed by atoms with Gasteiger partial charge in [-0.1, -0.05) is 59.4 Å². The number of hydrogen-bond donors (Lipinski definition) is 1. The van der Waals surface area contributed by atoms with E-state index in [0.717, 1.165) is 16.0 Å². The van der Waals surface area contributed by atoms with E-state index in [1.165, 1.54) is 15.6 Å². The number of urea groups is 1. The monoisotopic (exact) mass is 442 g/mol. The molecule has 3 aromatic rings. The highest BCUT2D eigenvalue weighted by Crippen LogP contribution is 2.29. The second kappa shape index (κ2) is 8.55. The van der Waals surface area contributed by atoms with Crippen molar-refractivity contribution in [2.75, 3.05) is 31.5 Å². The van der Waals surface area contributed by atoms with E-state index in [9.17, 15) is 13.2 Å². The van der Waals surface area contributed by atoms with Crippen molar-refractivity contribution in [1.29, 1.82) is 0 Å². The van der Waals surface area contributed by atoms with Gasteiger partial charge in [0.25, 0.3) is 0 Å². The molecule has 1 N–H and O–H groups in total. The molecule has 0 radical (unpaired) electrons. The smallest absolute Gasteiger partial charge is 0.322 e. The maximum absolute atomic E-state index is 12.8. The number of thiazole rings is 1. The second-order valence-electron chi connectivity index (χ2n) is 7.03. The van der Waals surface area contributed by atoms with Gasteiger partial charge in [-0.3, -0.25) is 5.32 Å². The molecule has 9 heteroatoms. The molecule has 0 bridgehead atoms. The predicted octanol–water partition coefficient (Wildman–Crippen LogP) is 3.66. The van der Waals surface area contributed by atoms with Crippen LogP contribution in [0.25, 0.3) is 10.4 Å². The molecule has 0 atom stereocenters. The van der Waals surface area contributed by atoms with Gasteiger partial charge in [0.15, 0.2) is 5.13 Å². The molecule has 4 rings (SSSR count). The molecule has 2 aromatic carbocycles. The van der Waals surface area contributed by atoms with Gasteiger partial charge in [0, 0.05) is 32.4 Å². The number of piperazine rings is 1. The SMILES string of the molecule is Cc1ccc(S(=O)(=O)N2CCN(C(=O)Nc3ncc(-c4ccccc4)s3)CC2)cc1. The number of hydrogen-bond acceptors (Lipinski definition) is 5. The van der Waals surface area contributed by atoms with Crippen molar-refractivity contribution < 1.29 is 13.2 Å². The minimum absolute atomic E-state index is 0.261. The maximum atomic E-state index is 12.8. The van der Waals surface area contributed by atoms with Crippen LogP contribution in [0.5, 0.6) is 0 Å². The van der Waals surface area contributed by atoms with Gasteiger partial charge >= 0.3 is 6.03 Å². The zero-order valence-electron chi connectivity index (χ0n) is 16.5. The number of aromatic nitrogens is 1. The number of carbonyl (C=O) groups is 1. The summed E-state index contributed by atoms with van der Waals surface area (Å²) < 4.78 is 27.0. The molecule has 0 spiro atoms. The minimum atomic E-state index is -3.55. The summed E-state index contributed by atoms with van der Waals surface area (Å²) in [5.74, 6) is 0. The van der Waals surface area contributed by atoms with Gasteiger partial charge in [0.1, 0.15) is 0 Å². The van der Waals surface area contributed by atoms with E-state index < -0.39 is 10.0 Å². The molecule has 0 unspecified atom stereocenters. The lowest BCUT2D eigenvalue weighted by Gasteiger charge is -2.33. The first-order chi connectivity index (χ1) is 14.4. The molecule has 1 aromatic heterocycles. The molecule has 1 aliphatic heterocycles. The van der Waals surface area contributed by atoms with Gasteiger partial charge in [-0.15, -0.1) is 0 Å². The van der Waals surface area contributed by atoms with Gasteiger partial charge in [0.05, 0.1) is 9.77 Å². The van der Waals surface area contributed by atoms with Crippen molar-refractivity contribution in [3.8, 4) is 10.4 Å². The third-order valence-electron chi connectivity index (χ3n) is 4.96. The molecule has 2 heterocycles. The first-order valence-corrected chi connectivity index (χ1v) is 11.8. The molecule has 0 saturated carbocycles. The van der Waals surface area contributed by atoms with E-state index in [1.807, 2.05) is 37.3 Å². The highest BCUT2D eigenvalue weighted by Gasteiger charge is 2.30. The van der Waals surface area contributed by atoms with E-state index in [4.69, 9.17) is 0 Å². The molecule has 30 heavy (non-hydrogen) atoms. The van der Waals surface area contributed by atoms with Crippen LogP contribution in [-0.2, 0) is 10.0 Å². The molecule has 2 amide bonds. The normalized spacial score (nSPS) is 15.2. The molecular weight excluding hydrogens is 420 g/mol. The maximum Gasteiger partial charge on any atom is 0.323 e. The van der Waals surface area contributed by atoms with Gasteiger partial charge in [0.2, 0.25) is 10.0 Å². The van der Waals surface area contributed by atoms with Crippen LogP contribution < -0.4 is 5.32 Å². The zero-order chi connectivity index (χ0) is 21.1. The fourth-order valence-electron chi connectivity index (χ4n) is 3.23. The number of rotatable bonds is 4. The Kier molecular flexibility index (Phi) is 5.85. The Balaban J connectivity index is 1.36. The number of amides is 2. The van der Waals surface area contributed by atoms with E-state index in [2.05, 4.69) is 10.3 Å². The summed E-state index contributed by atoms with van der Waals surface area (Å²) in [6.07, 6.45) is 1.74. The van der Waals surface area contributed by atoms with Crippen LogP contribution in [0.2, 0.25) is 0 Å². The number of sulfonamides is 1. The van der Waals surface area contributed by atoms with Crippen molar-refractivity contribution in [2.24, 2.45) is 0 Å². The molecule has 156 valence electrons. The number of nitrogens with zero attached hydrogens (tertiary/aromatic N) is 3. The van der Waals surface area contributed by atoms with Crippen LogP contribution in [0.3, 0.4) is 0 Å². The van der Waals surface area contributed by atoms with Crippen LogP contribution in [-0.4, -0.2) is 54.8 Å². The van der Waals surface area contributed by atoms with Crippen molar-refractivity contribution >= 4 is 32.5 Å². The summed E-state index contributed by atoms with van der Waals surface area (Å²) >= 11 is 1.41. The summed E-state index contributed by atoms with van der Waals surface area (Å²) in [4.78, 5) is 19.7. The molecule has 1 saturated heterocycles. The summed E-state index contributed by atoms with van der Waals surface area (Å²) in [6.45, 7) is 3.09. The van der Waals surface area contributed by atoms with E-state index in [1.54, 1.807) is 35.4 Å². The van der Waals surface area contributed by atoms with Crippen LogP contribution in [0.1, 0.15) is 5.56 Å². The standard InChI is InChI=1S/C21H22N4O3S2/c1-16-7-9-18(10-8-16)30(27,28)25-13-11-24(12-14-25)21(26)23-20-22-15-19(29-20)17-5-3-2-4-6-17/h2-10,15H,11-14H2,1H3,(H,22,23,26). The zero-order valence-corrected chi connectivity index (χ0v) is 18.1. The van der Waals surface area contributed by atoms with E-state index in [0.29, 0.717) is 18.2 Å². The number of aryl methyl sites for hydroxylation is 1. The number of benzene rings is 2. The molecule has 7 nitrogen and oxygen atoms in total. The second-order valence-corrected chi connectivity index (χ2v) is 10.00. The molecular formula is C21H22N4O3S2. The average Bonchev–Trinajstić information content (AvgIpc) is 3.23. The van der Waals surface area contributed by atoms with Crippen LogP contribution in [0.4, 0.5) is 9.93 Å². The number of anilines is 1. The number of carbonyl (C=O) groups excluding carboxylic acids is 1. The Morgan fingerprint density at radius 3 is 2.33 bits per heavy atom. The van der Waals surface area contributed by atoms with Crippen LogP contribution in [0, 0.1) is 6.92 Å². The minimum Gasteiger partial charge on any atom is -0.322 e. The molecule has 1 fully saturated rings. The van der Waals surface area contributed by atoms with Crippen molar-refractivity contribution in [1.82, 2.24) is 14.2 Å². The lowest BCUT2D eigenvalue weighted by molar-refractivity contribution is 0.184. The van der Waals surface area contributed by atoms with Crippen molar-refractivity contribution in [2.45, 2.75) is 11.8 Å². The summed E-state index contributed by atoms with van der Waals surface area (Å²) in [5, 5.41) is 3.34. The van der Waals surface area contributed by atoms with Gasteiger partial charge in [-0.05, 0) is 24.6 Å². The Bertz CT molecular complexity index is 1120. The fraction of sp³-hybridized carbons (Fsp3) is 0.238. The lowest BCUT2D eigenvalue weighted by Crippen LogP contribution is -2.51. The van der Waals surface area contributed by atoms with Crippen molar-refractivity contribution in [3.05, 3.63) is 66.4 Å². The van der Waals surface area contributed by atoms with Crippen molar-refractivity contribution in [3.63, 3.8) is 0 Å². The summed E-state index contributed by atoms with van der Waals surface area (Å²) in [5.41, 5.74) is 2.05. The summed E-state index contributed by atoms with van der Waals surface area (Å²) in [7, 11) is -3.55. The largest absolute Gasteiger partial charge is 0.323 e. The third-order valence-corrected chi connectivity index (χ3v) is 7.84. The molecule has 0 aliphatic carbocycles. The molecule has 1 aliphatic rings. The van der Waals surface area contributed by atoms with Gasteiger partial charge < -0.3 is 4.90 Å². The fourth-order valence-corrected chi connectivity index (χ4v) is 5.46. The highest BCUT2D eigenvalue weighted by atomic mass is 32.2. The van der Waals surface area contributed by atoms with Crippen LogP contribution >= 0.6 is 11.3 Å². The highest BCUT2D eigenvalue weighted by molar-refractivity contribution is 7.89. The average molecular weight is 443 g/mol. The quantitative estimate of drug-likeness (QED) is 0.669.